The molecule has 0 fully saturated rings. The van der Waals surface area contributed by atoms with Crippen LogP contribution in [0, 0.1) is 5.82 Å². The van der Waals surface area contributed by atoms with Gasteiger partial charge in [-0.05, 0) is 42.5 Å². The lowest BCUT2D eigenvalue weighted by molar-refractivity contribution is 0.381. The number of nitrogens with two attached hydrogens (primary N) is 2. The van der Waals surface area contributed by atoms with Gasteiger partial charge in [-0.25, -0.2) is 4.39 Å². The zero-order chi connectivity index (χ0) is 10.2. The van der Waals surface area contributed by atoms with E-state index in [0.29, 0.717) is 13.0 Å². The lowest BCUT2D eigenvalue weighted by atomic mass is 9.79. The molecule has 3 heteroatoms. The molecule has 0 amide bonds. The average Bonchev–Trinajstić information content (AvgIpc) is 2.17. The van der Waals surface area contributed by atoms with E-state index in [-0.39, 0.29) is 11.4 Å². The van der Waals surface area contributed by atoms with Crippen LogP contribution < -0.4 is 11.5 Å². The summed E-state index contributed by atoms with van der Waals surface area (Å²) in [4.78, 5) is 0. The number of benzene rings is 1. The van der Waals surface area contributed by atoms with Gasteiger partial charge in [-0.1, -0.05) is 6.07 Å². The molecule has 1 aromatic rings. The minimum Gasteiger partial charge on any atom is -0.329 e. The van der Waals surface area contributed by atoms with E-state index in [1.807, 2.05) is 6.07 Å². The summed E-state index contributed by atoms with van der Waals surface area (Å²) >= 11 is 0. The van der Waals surface area contributed by atoms with Gasteiger partial charge in [0, 0.05) is 12.1 Å². The van der Waals surface area contributed by atoms with Crippen molar-refractivity contribution in [2.24, 2.45) is 11.5 Å². The van der Waals surface area contributed by atoms with E-state index in [4.69, 9.17) is 11.5 Å². The van der Waals surface area contributed by atoms with Gasteiger partial charge in [-0.3, -0.25) is 0 Å². The van der Waals surface area contributed by atoms with E-state index in [2.05, 4.69) is 0 Å². The molecule has 0 aliphatic heterocycles. The van der Waals surface area contributed by atoms with Gasteiger partial charge in [0.15, 0.2) is 0 Å². The fourth-order valence-electron chi connectivity index (χ4n) is 2.03. The Labute approximate surface area is 83.1 Å². The molecule has 0 saturated carbocycles. The number of halogens is 1. The van der Waals surface area contributed by atoms with E-state index in [9.17, 15) is 4.39 Å². The van der Waals surface area contributed by atoms with Crippen molar-refractivity contribution in [2.45, 2.75) is 24.8 Å². The fourth-order valence-corrected chi connectivity index (χ4v) is 2.03. The normalized spacial score (nSPS) is 25.9. The highest BCUT2D eigenvalue weighted by Gasteiger charge is 2.28. The SMILES string of the molecule is NCC1(N)CCc2ccc(F)cc2C1. The highest BCUT2D eigenvalue weighted by molar-refractivity contribution is 5.32. The van der Waals surface area contributed by atoms with Gasteiger partial charge in [-0.2, -0.15) is 0 Å². The highest BCUT2D eigenvalue weighted by Crippen LogP contribution is 2.26. The molecule has 1 unspecified atom stereocenters. The summed E-state index contributed by atoms with van der Waals surface area (Å²) in [7, 11) is 0. The molecule has 0 spiro atoms. The maximum atomic E-state index is 13.0. The Balaban J connectivity index is 2.33. The van der Waals surface area contributed by atoms with E-state index < -0.39 is 0 Å². The molecule has 0 heterocycles. The molecule has 76 valence electrons. The summed E-state index contributed by atoms with van der Waals surface area (Å²) in [5.41, 5.74) is 13.6. The van der Waals surface area contributed by atoms with Crippen LogP contribution in [0.2, 0.25) is 0 Å². The third-order valence-electron chi connectivity index (χ3n) is 3.01. The van der Waals surface area contributed by atoms with E-state index >= 15 is 0 Å². The third kappa shape index (κ3) is 1.65. The molecular formula is C11H15FN2. The number of fused-ring (bicyclic) bond motifs is 1. The molecule has 1 aliphatic carbocycles. The van der Waals surface area contributed by atoms with E-state index in [1.165, 1.54) is 11.6 Å². The van der Waals surface area contributed by atoms with E-state index in [0.717, 1.165) is 18.4 Å². The second-order valence-corrected chi connectivity index (χ2v) is 4.16. The first kappa shape index (κ1) is 9.62. The van der Waals surface area contributed by atoms with Crippen LogP contribution >= 0.6 is 0 Å². The zero-order valence-corrected chi connectivity index (χ0v) is 8.09. The summed E-state index contributed by atoms with van der Waals surface area (Å²) in [5.74, 6) is -0.190. The zero-order valence-electron chi connectivity index (χ0n) is 8.09. The molecule has 4 N–H and O–H groups in total. The second kappa shape index (κ2) is 3.33. The molecule has 1 aliphatic rings. The number of aryl methyl sites for hydroxylation is 1. The molecule has 2 rings (SSSR count). The lowest BCUT2D eigenvalue weighted by Gasteiger charge is -2.33. The molecule has 14 heavy (non-hydrogen) atoms. The van der Waals surface area contributed by atoms with Gasteiger partial charge in [0.05, 0.1) is 0 Å². The monoisotopic (exact) mass is 194 g/mol. The molecule has 1 aromatic carbocycles. The van der Waals surface area contributed by atoms with Crippen molar-refractivity contribution >= 4 is 0 Å². The third-order valence-corrected chi connectivity index (χ3v) is 3.01. The van der Waals surface area contributed by atoms with Crippen molar-refractivity contribution in [3.8, 4) is 0 Å². The van der Waals surface area contributed by atoms with Crippen LogP contribution in [0.3, 0.4) is 0 Å². The van der Waals surface area contributed by atoms with Crippen LogP contribution in [-0.4, -0.2) is 12.1 Å². The Hall–Kier alpha value is -0.930. The average molecular weight is 194 g/mol. The summed E-state index contributed by atoms with van der Waals surface area (Å²) < 4.78 is 13.0. The van der Waals surface area contributed by atoms with Crippen LogP contribution in [0.1, 0.15) is 17.5 Å². The summed E-state index contributed by atoms with van der Waals surface area (Å²) in [5, 5.41) is 0. The Morgan fingerprint density at radius 1 is 1.36 bits per heavy atom. The largest absolute Gasteiger partial charge is 0.329 e. The van der Waals surface area contributed by atoms with Crippen molar-refractivity contribution in [2.75, 3.05) is 6.54 Å². The Bertz CT molecular complexity index is 351. The number of hydrogen-bond acceptors (Lipinski definition) is 2. The van der Waals surface area contributed by atoms with Crippen molar-refractivity contribution in [1.29, 1.82) is 0 Å². The van der Waals surface area contributed by atoms with Crippen molar-refractivity contribution in [3.05, 3.63) is 35.1 Å². The van der Waals surface area contributed by atoms with Crippen LogP contribution in [0.5, 0.6) is 0 Å². The van der Waals surface area contributed by atoms with Gasteiger partial charge in [0.1, 0.15) is 5.82 Å². The topological polar surface area (TPSA) is 52.0 Å². The predicted molar refractivity (Wildman–Crippen MR) is 54.4 cm³/mol. The Morgan fingerprint density at radius 2 is 2.14 bits per heavy atom. The quantitative estimate of drug-likeness (QED) is 0.700. The Morgan fingerprint density at radius 3 is 2.86 bits per heavy atom. The molecular weight excluding hydrogens is 179 g/mol. The number of hydrogen-bond donors (Lipinski definition) is 2. The van der Waals surface area contributed by atoms with Gasteiger partial charge in [-0.15, -0.1) is 0 Å². The lowest BCUT2D eigenvalue weighted by Crippen LogP contribution is -2.51. The molecule has 2 nitrogen and oxygen atoms in total. The summed E-state index contributed by atoms with van der Waals surface area (Å²) in [6, 6.07) is 4.93. The minimum absolute atomic E-state index is 0.190. The fraction of sp³-hybridized carbons (Fsp3) is 0.455. The maximum absolute atomic E-state index is 13.0. The van der Waals surface area contributed by atoms with Crippen LogP contribution in [0.15, 0.2) is 18.2 Å². The second-order valence-electron chi connectivity index (χ2n) is 4.16. The van der Waals surface area contributed by atoms with Gasteiger partial charge < -0.3 is 11.5 Å². The predicted octanol–water partition coefficient (Wildman–Crippen LogP) is 0.971. The maximum Gasteiger partial charge on any atom is 0.123 e. The van der Waals surface area contributed by atoms with Crippen LogP contribution in [-0.2, 0) is 12.8 Å². The molecule has 0 radical (unpaired) electrons. The van der Waals surface area contributed by atoms with Crippen LogP contribution in [0.4, 0.5) is 4.39 Å². The van der Waals surface area contributed by atoms with Crippen molar-refractivity contribution in [3.63, 3.8) is 0 Å². The van der Waals surface area contributed by atoms with Gasteiger partial charge >= 0.3 is 0 Å². The molecule has 0 bridgehead atoms. The summed E-state index contributed by atoms with van der Waals surface area (Å²) in [6.45, 7) is 0.461. The summed E-state index contributed by atoms with van der Waals surface area (Å²) in [6.07, 6.45) is 2.49. The first-order chi connectivity index (χ1) is 6.63. The van der Waals surface area contributed by atoms with Gasteiger partial charge in [0.2, 0.25) is 0 Å². The standard InChI is InChI=1S/C11H15FN2/c12-10-2-1-8-3-4-11(14,7-13)6-9(8)5-10/h1-2,5H,3-4,6-7,13-14H2. The highest BCUT2D eigenvalue weighted by atomic mass is 19.1. The van der Waals surface area contributed by atoms with Gasteiger partial charge in [0.25, 0.3) is 0 Å². The minimum atomic E-state index is -0.333. The Kier molecular flexibility index (Phi) is 2.29. The molecule has 0 saturated heterocycles. The smallest absolute Gasteiger partial charge is 0.123 e. The van der Waals surface area contributed by atoms with E-state index in [1.54, 1.807) is 6.07 Å². The van der Waals surface area contributed by atoms with Crippen molar-refractivity contribution in [1.82, 2.24) is 0 Å². The number of rotatable bonds is 1. The molecule has 0 aromatic heterocycles. The van der Waals surface area contributed by atoms with Crippen molar-refractivity contribution < 1.29 is 4.39 Å². The first-order valence-corrected chi connectivity index (χ1v) is 4.89. The van der Waals surface area contributed by atoms with Crippen LogP contribution in [0.25, 0.3) is 0 Å². The molecule has 1 atom stereocenters. The first-order valence-electron chi connectivity index (χ1n) is 4.89.